The van der Waals surface area contributed by atoms with E-state index in [-0.39, 0.29) is 11.9 Å². The lowest BCUT2D eigenvalue weighted by atomic mass is 10.1. The van der Waals surface area contributed by atoms with Gasteiger partial charge in [0.05, 0.1) is 20.2 Å². The molecular weight excluding hydrogens is 346 g/mol. The van der Waals surface area contributed by atoms with E-state index in [4.69, 9.17) is 9.73 Å². The predicted molar refractivity (Wildman–Crippen MR) is 102 cm³/mol. The van der Waals surface area contributed by atoms with Gasteiger partial charge in [-0.05, 0) is 24.6 Å². The maximum absolute atomic E-state index is 12.8. The number of urea groups is 1. The summed E-state index contributed by atoms with van der Waals surface area (Å²) in [6.07, 6.45) is 0. The lowest BCUT2D eigenvalue weighted by Crippen LogP contribution is -2.62. The topological polar surface area (TPSA) is 68.5 Å². The molecule has 1 aromatic carbocycles. The van der Waals surface area contributed by atoms with Crippen molar-refractivity contribution in [3.8, 4) is 5.75 Å². The van der Waals surface area contributed by atoms with Crippen molar-refractivity contribution in [2.45, 2.75) is 19.9 Å². The number of guanidine groups is 1. The minimum Gasteiger partial charge on any atom is -0.493 e. The van der Waals surface area contributed by atoms with Crippen molar-refractivity contribution in [2.75, 3.05) is 39.2 Å². The summed E-state index contributed by atoms with van der Waals surface area (Å²) >= 11 is 0. The fourth-order valence-corrected chi connectivity index (χ4v) is 3.99. The molecule has 3 heterocycles. The normalized spacial score (nSPS) is 24.9. The zero-order valence-electron chi connectivity index (χ0n) is 16.3. The molecule has 2 unspecified atom stereocenters. The highest BCUT2D eigenvalue weighted by molar-refractivity contribution is 6.24. The molecule has 3 aliphatic rings. The number of ether oxygens (including phenoxy) is 1. The summed E-state index contributed by atoms with van der Waals surface area (Å²) in [6, 6.07) is 5.09. The molecule has 1 fully saturated rings. The van der Waals surface area contributed by atoms with Gasteiger partial charge in [-0.3, -0.25) is 14.6 Å². The quantitative estimate of drug-likeness (QED) is 0.732. The third kappa shape index (κ3) is 2.50. The van der Waals surface area contributed by atoms with Gasteiger partial charge in [0.2, 0.25) is 11.9 Å². The van der Waals surface area contributed by atoms with Crippen molar-refractivity contribution in [1.82, 2.24) is 9.80 Å². The van der Waals surface area contributed by atoms with Crippen molar-refractivity contribution in [3.63, 3.8) is 0 Å². The fourth-order valence-electron chi connectivity index (χ4n) is 3.99. The number of imide groups is 1. The van der Waals surface area contributed by atoms with Crippen LogP contribution < -0.4 is 9.64 Å². The summed E-state index contributed by atoms with van der Waals surface area (Å²) in [5.41, 5.74) is 2.03. The lowest BCUT2D eigenvalue weighted by molar-refractivity contribution is -0.545. The van der Waals surface area contributed by atoms with Gasteiger partial charge in [-0.2, -0.15) is 0 Å². The number of hydrogen-bond donors (Lipinski definition) is 0. The van der Waals surface area contributed by atoms with Crippen LogP contribution in [-0.4, -0.2) is 78.4 Å². The van der Waals surface area contributed by atoms with Gasteiger partial charge < -0.3 is 4.74 Å². The number of aryl methyl sites for hydroxylation is 1. The van der Waals surface area contributed by atoms with Crippen LogP contribution in [0, 0.1) is 12.8 Å². The van der Waals surface area contributed by atoms with Crippen molar-refractivity contribution in [1.29, 1.82) is 0 Å². The number of methoxy groups -OCH3 is 1. The van der Waals surface area contributed by atoms with Crippen LogP contribution in [0.2, 0.25) is 0 Å². The molecule has 3 aliphatic heterocycles. The molecule has 1 saturated heterocycles. The summed E-state index contributed by atoms with van der Waals surface area (Å²) in [4.78, 5) is 34.6. The van der Waals surface area contributed by atoms with Gasteiger partial charge in [0.1, 0.15) is 5.69 Å². The van der Waals surface area contributed by atoms with Crippen LogP contribution in [0.15, 0.2) is 23.2 Å². The molecule has 4 rings (SSSR count). The van der Waals surface area contributed by atoms with Crippen LogP contribution in [0.1, 0.15) is 12.5 Å². The Morgan fingerprint density at radius 3 is 2.67 bits per heavy atom. The predicted octanol–water partition coefficient (Wildman–Crippen LogP) is 1.13. The maximum Gasteiger partial charge on any atom is 0.397 e. The van der Waals surface area contributed by atoms with Gasteiger partial charge in [-0.25, -0.2) is 14.3 Å². The Balaban J connectivity index is 1.86. The zero-order valence-corrected chi connectivity index (χ0v) is 16.3. The lowest BCUT2D eigenvalue weighted by Gasteiger charge is -2.33. The highest BCUT2D eigenvalue weighted by atomic mass is 16.5. The second kappa shape index (κ2) is 6.07. The number of nitrogens with zero attached hydrogens (tertiary/aromatic N) is 5. The van der Waals surface area contributed by atoms with Crippen LogP contribution >= 0.6 is 0 Å². The molecule has 2 atom stereocenters. The van der Waals surface area contributed by atoms with Crippen LogP contribution in [0.25, 0.3) is 0 Å². The fraction of sp³-hybridized carbons (Fsp3) is 0.474. The van der Waals surface area contributed by atoms with E-state index >= 15 is 0 Å². The van der Waals surface area contributed by atoms with E-state index in [2.05, 4.69) is 17.9 Å². The summed E-state index contributed by atoms with van der Waals surface area (Å²) < 4.78 is 7.58. The van der Waals surface area contributed by atoms with E-state index in [9.17, 15) is 9.59 Å². The van der Waals surface area contributed by atoms with E-state index in [0.29, 0.717) is 24.3 Å². The van der Waals surface area contributed by atoms with Crippen LogP contribution in [-0.2, 0) is 4.79 Å². The van der Waals surface area contributed by atoms with E-state index in [1.54, 1.807) is 14.2 Å². The second-order valence-corrected chi connectivity index (χ2v) is 7.45. The Bertz CT molecular complexity index is 907. The molecule has 0 bridgehead atoms. The minimum atomic E-state index is -0.561. The number of carbonyl (C=O) groups excluding carboxylic acids is 2. The second-order valence-electron chi connectivity index (χ2n) is 7.45. The summed E-state index contributed by atoms with van der Waals surface area (Å²) in [5.74, 6) is 2.01. The van der Waals surface area contributed by atoms with Gasteiger partial charge >= 0.3 is 12.0 Å². The van der Waals surface area contributed by atoms with Gasteiger partial charge in [0.25, 0.3) is 5.91 Å². The number of amides is 3. The maximum atomic E-state index is 12.8. The largest absolute Gasteiger partial charge is 0.493 e. The molecule has 0 N–H and O–H groups in total. The first kappa shape index (κ1) is 17.5. The zero-order chi connectivity index (χ0) is 19.5. The summed E-state index contributed by atoms with van der Waals surface area (Å²) in [5, 5.41) is 0. The monoisotopic (exact) mass is 370 g/mol. The molecule has 3 amide bonds. The number of likely N-dealkylation sites (N-methyl/N-ethyl adjacent to an activating group) is 2. The minimum absolute atomic E-state index is 0.239. The van der Waals surface area contributed by atoms with Crippen LogP contribution in [0.5, 0.6) is 5.75 Å². The van der Waals surface area contributed by atoms with Crippen LogP contribution in [0.4, 0.5) is 10.5 Å². The number of fused-ring (bicyclic) bond motifs is 2. The molecule has 27 heavy (non-hydrogen) atoms. The molecule has 142 valence electrons. The molecule has 0 radical (unpaired) electrons. The Morgan fingerprint density at radius 1 is 1.22 bits per heavy atom. The molecule has 0 aliphatic carbocycles. The number of carbonyl (C=O) groups is 2. The number of benzene rings is 1. The Labute approximate surface area is 158 Å². The van der Waals surface area contributed by atoms with Gasteiger partial charge in [0.15, 0.2) is 5.75 Å². The number of rotatable bonds is 2. The first-order valence-corrected chi connectivity index (χ1v) is 9.03. The number of anilines is 1. The van der Waals surface area contributed by atoms with Crippen LogP contribution in [0.3, 0.4) is 0 Å². The Kier molecular flexibility index (Phi) is 3.94. The van der Waals surface area contributed by atoms with Gasteiger partial charge in [-0.15, -0.1) is 0 Å². The third-order valence-corrected chi connectivity index (χ3v) is 5.38. The van der Waals surface area contributed by atoms with Crippen molar-refractivity contribution in [2.24, 2.45) is 10.9 Å². The van der Waals surface area contributed by atoms with Gasteiger partial charge in [0, 0.05) is 20.0 Å². The molecule has 0 aromatic heterocycles. The molecule has 8 heteroatoms. The number of amidine groups is 1. The van der Waals surface area contributed by atoms with E-state index in [1.165, 1.54) is 16.8 Å². The van der Waals surface area contributed by atoms with Gasteiger partial charge in [-0.1, -0.05) is 18.0 Å². The van der Waals surface area contributed by atoms with Crippen molar-refractivity contribution < 1.29 is 18.9 Å². The Morgan fingerprint density at radius 2 is 1.96 bits per heavy atom. The SMILES string of the molecule is COc1ccc(C)cc1N1CC(C)C[N+]2=C1N=C1C2C(=O)N(C)C(=O)N1C. The first-order valence-electron chi connectivity index (χ1n) is 9.03. The molecule has 8 nitrogen and oxygen atoms in total. The van der Waals surface area contributed by atoms with Crippen molar-refractivity contribution in [3.05, 3.63) is 23.8 Å². The average Bonchev–Trinajstić information content (AvgIpc) is 3.03. The number of hydrogen-bond acceptors (Lipinski definition) is 5. The smallest absolute Gasteiger partial charge is 0.397 e. The molecule has 0 spiro atoms. The summed E-state index contributed by atoms with van der Waals surface area (Å²) in [7, 11) is 4.83. The van der Waals surface area contributed by atoms with E-state index in [1.807, 2.05) is 23.6 Å². The average molecular weight is 370 g/mol. The molecule has 1 aromatic rings. The standard InChI is InChI=1S/C19H24N5O3/c1-11-6-7-14(27-5)13(8-11)23-9-12(2)10-24-15-16(20-18(23)24)21(3)19(26)22(4)17(15)25/h6-8,12,15H,9-10H2,1-5H3/q+1. The molecule has 0 saturated carbocycles. The Hall–Kier alpha value is -2.90. The van der Waals surface area contributed by atoms with E-state index < -0.39 is 6.04 Å². The van der Waals surface area contributed by atoms with Crippen molar-refractivity contribution >= 4 is 29.4 Å². The highest BCUT2D eigenvalue weighted by Gasteiger charge is 2.54. The first-order chi connectivity index (χ1) is 12.8. The number of aliphatic imine (C=N–C) groups is 1. The highest BCUT2D eigenvalue weighted by Crippen LogP contribution is 2.34. The van der Waals surface area contributed by atoms with E-state index in [0.717, 1.165) is 23.5 Å². The summed E-state index contributed by atoms with van der Waals surface area (Å²) in [6.45, 7) is 5.65. The molecular formula is C19H24N5O3+. The third-order valence-electron chi connectivity index (χ3n) is 5.38.